The maximum absolute atomic E-state index is 12.4. The fourth-order valence-corrected chi connectivity index (χ4v) is 3.29. The molecule has 0 aromatic heterocycles. The van der Waals surface area contributed by atoms with Gasteiger partial charge in [0.05, 0.1) is 13.2 Å². The molecule has 2 heterocycles. The van der Waals surface area contributed by atoms with Crippen molar-refractivity contribution in [2.75, 3.05) is 32.8 Å². The topological polar surface area (TPSA) is 70.7 Å². The van der Waals surface area contributed by atoms with Gasteiger partial charge in [-0.2, -0.15) is 0 Å². The lowest BCUT2D eigenvalue weighted by atomic mass is 10.1. The summed E-state index contributed by atoms with van der Waals surface area (Å²) in [6.07, 6.45) is 3.82. The van der Waals surface area contributed by atoms with Crippen molar-refractivity contribution in [3.8, 4) is 0 Å². The molecule has 2 saturated heterocycles. The Bertz CT molecular complexity index is 576. The Hall–Kier alpha value is -1.92. The number of hydrogen-bond acceptors (Lipinski definition) is 4. The molecule has 2 aliphatic rings. The molecule has 2 aliphatic heterocycles. The quantitative estimate of drug-likeness (QED) is 0.844. The van der Waals surface area contributed by atoms with Gasteiger partial charge in [-0.1, -0.05) is 12.1 Å². The largest absolute Gasteiger partial charge is 0.378 e. The smallest absolute Gasteiger partial charge is 0.253 e. The number of amides is 2. The molecule has 136 valence electrons. The zero-order valence-electron chi connectivity index (χ0n) is 14.6. The van der Waals surface area contributed by atoms with Gasteiger partial charge in [0.15, 0.2) is 0 Å². The van der Waals surface area contributed by atoms with Crippen LogP contribution >= 0.6 is 0 Å². The summed E-state index contributed by atoms with van der Waals surface area (Å²) in [7, 11) is 0. The van der Waals surface area contributed by atoms with E-state index in [4.69, 9.17) is 4.74 Å². The minimum atomic E-state index is 0.0106. The fraction of sp³-hybridized carbons (Fsp3) is 0.579. The van der Waals surface area contributed by atoms with Crippen LogP contribution in [0.25, 0.3) is 0 Å². The van der Waals surface area contributed by atoms with Gasteiger partial charge < -0.3 is 20.3 Å². The molecule has 0 spiro atoms. The summed E-state index contributed by atoms with van der Waals surface area (Å²) in [6, 6.07) is 7.64. The highest BCUT2D eigenvalue weighted by molar-refractivity contribution is 5.94. The van der Waals surface area contributed by atoms with Crippen molar-refractivity contribution in [1.29, 1.82) is 0 Å². The third-order valence-corrected chi connectivity index (χ3v) is 4.76. The Morgan fingerprint density at radius 3 is 2.60 bits per heavy atom. The normalized spacial score (nSPS) is 21.0. The Labute approximate surface area is 148 Å². The lowest BCUT2D eigenvalue weighted by Crippen LogP contribution is -2.44. The van der Waals surface area contributed by atoms with Crippen molar-refractivity contribution in [2.45, 2.75) is 38.3 Å². The predicted molar refractivity (Wildman–Crippen MR) is 95.3 cm³/mol. The van der Waals surface area contributed by atoms with Gasteiger partial charge in [-0.05, 0) is 37.0 Å². The molecule has 2 amide bonds. The fourth-order valence-electron chi connectivity index (χ4n) is 3.29. The Morgan fingerprint density at radius 2 is 1.92 bits per heavy atom. The van der Waals surface area contributed by atoms with E-state index in [1.54, 1.807) is 0 Å². The van der Waals surface area contributed by atoms with E-state index < -0.39 is 0 Å². The Kier molecular flexibility index (Phi) is 6.42. The average Bonchev–Trinajstić information content (AvgIpc) is 2.68. The van der Waals surface area contributed by atoms with Gasteiger partial charge in [0.1, 0.15) is 0 Å². The summed E-state index contributed by atoms with van der Waals surface area (Å²) in [5.41, 5.74) is 1.72. The zero-order valence-corrected chi connectivity index (χ0v) is 14.6. The number of ether oxygens (including phenoxy) is 1. The van der Waals surface area contributed by atoms with Crippen molar-refractivity contribution in [2.24, 2.45) is 0 Å². The van der Waals surface area contributed by atoms with Gasteiger partial charge in [0, 0.05) is 44.2 Å². The summed E-state index contributed by atoms with van der Waals surface area (Å²) in [4.78, 5) is 26.4. The Balaban J connectivity index is 1.45. The molecule has 2 fully saturated rings. The number of nitrogens with zero attached hydrogens (tertiary/aromatic N) is 1. The van der Waals surface area contributed by atoms with Crippen molar-refractivity contribution in [3.05, 3.63) is 35.4 Å². The number of rotatable bonds is 5. The molecule has 25 heavy (non-hydrogen) atoms. The van der Waals surface area contributed by atoms with E-state index in [0.29, 0.717) is 26.2 Å². The monoisotopic (exact) mass is 345 g/mol. The van der Waals surface area contributed by atoms with Gasteiger partial charge in [0.2, 0.25) is 5.91 Å². The zero-order chi connectivity index (χ0) is 17.5. The number of nitrogens with one attached hydrogen (secondary N) is 2. The minimum Gasteiger partial charge on any atom is -0.378 e. The molecule has 1 aromatic rings. The Morgan fingerprint density at radius 1 is 1.16 bits per heavy atom. The van der Waals surface area contributed by atoms with E-state index in [2.05, 4.69) is 10.6 Å². The van der Waals surface area contributed by atoms with Crippen molar-refractivity contribution in [1.82, 2.24) is 15.5 Å². The van der Waals surface area contributed by atoms with Crippen LogP contribution in [0.1, 0.15) is 41.6 Å². The van der Waals surface area contributed by atoms with Crippen LogP contribution in [-0.2, 0) is 16.1 Å². The van der Waals surface area contributed by atoms with Crippen LogP contribution < -0.4 is 10.6 Å². The number of morpholine rings is 1. The molecule has 0 bridgehead atoms. The van der Waals surface area contributed by atoms with Crippen LogP contribution in [0, 0.1) is 0 Å². The number of carbonyl (C=O) groups is 2. The number of piperidine rings is 1. The molecule has 2 N–H and O–H groups in total. The lowest BCUT2D eigenvalue weighted by Gasteiger charge is -2.26. The SMILES string of the molecule is O=C(CC1COCCN1)NCc1ccc(C(=O)N2CCCCC2)cc1. The lowest BCUT2D eigenvalue weighted by molar-refractivity contribution is -0.122. The summed E-state index contributed by atoms with van der Waals surface area (Å²) < 4.78 is 5.35. The van der Waals surface area contributed by atoms with E-state index in [1.807, 2.05) is 29.2 Å². The van der Waals surface area contributed by atoms with E-state index in [0.717, 1.165) is 43.6 Å². The first-order valence-corrected chi connectivity index (χ1v) is 9.18. The van der Waals surface area contributed by atoms with Crippen molar-refractivity contribution < 1.29 is 14.3 Å². The molecule has 3 rings (SSSR count). The van der Waals surface area contributed by atoms with Crippen molar-refractivity contribution in [3.63, 3.8) is 0 Å². The second kappa shape index (κ2) is 8.97. The first-order valence-electron chi connectivity index (χ1n) is 9.18. The summed E-state index contributed by atoms with van der Waals surface area (Å²) in [5, 5.41) is 6.20. The van der Waals surface area contributed by atoms with Crippen LogP contribution in [-0.4, -0.2) is 55.6 Å². The van der Waals surface area contributed by atoms with Crippen LogP contribution in [0.3, 0.4) is 0 Å². The molecular formula is C19H27N3O3. The molecular weight excluding hydrogens is 318 g/mol. The number of carbonyl (C=O) groups excluding carboxylic acids is 2. The average molecular weight is 345 g/mol. The number of hydrogen-bond donors (Lipinski definition) is 2. The first kappa shape index (κ1) is 17.9. The summed E-state index contributed by atoms with van der Waals surface area (Å²) in [6.45, 7) is 4.28. The number of likely N-dealkylation sites (tertiary alicyclic amines) is 1. The second-order valence-corrected chi connectivity index (χ2v) is 6.76. The standard InChI is InChI=1S/C19H27N3O3/c23-18(12-17-14-25-11-8-20-17)21-13-15-4-6-16(7-5-15)19(24)22-9-2-1-3-10-22/h4-7,17,20H,1-3,8-14H2,(H,21,23). The van der Waals surface area contributed by atoms with Gasteiger partial charge in [-0.3, -0.25) is 9.59 Å². The maximum atomic E-state index is 12.4. The molecule has 0 aliphatic carbocycles. The molecule has 1 atom stereocenters. The highest BCUT2D eigenvalue weighted by Crippen LogP contribution is 2.14. The maximum Gasteiger partial charge on any atom is 0.253 e. The second-order valence-electron chi connectivity index (χ2n) is 6.76. The van der Waals surface area contributed by atoms with E-state index >= 15 is 0 Å². The van der Waals surface area contributed by atoms with E-state index in [1.165, 1.54) is 6.42 Å². The van der Waals surface area contributed by atoms with Gasteiger partial charge in [0.25, 0.3) is 5.91 Å². The van der Waals surface area contributed by atoms with Crippen LogP contribution in [0.2, 0.25) is 0 Å². The molecule has 0 saturated carbocycles. The molecule has 6 heteroatoms. The van der Waals surface area contributed by atoms with Gasteiger partial charge in [-0.25, -0.2) is 0 Å². The molecule has 1 unspecified atom stereocenters. The predicted octanol–water partition coefficient (Wildman–Crippen LogP) is 1.31. The molecule has 0 radical (unpaired) electrons. The van der Waals surface area contributed by atoms with Crippen molar-refractivity contribution >= 4 is 11.8 Å². The van der Waals surface area contributed by atoms with Gasteiger partial charge >= 0.3 is 0 Å². The van der Waals surface area contributed by atoms with Gasteiger partial charge in [-0.15, -0.1) is 0 Å². The first-order chi connectivity index (χ1) is 12.2. The number of benzene rings is 1. The van der Waals surface area contributed by atoms with E-state index in [-0.39, 0.29) is 17.9 Å². The summed E-state index contributed by atoms with van der Waals surface area (Å²) in [5.74, 6) is 0.120. The third-order valence-electron chi connectivity index (χ3n) is 4.76. The third kappa shape index (κ3) is 5.28. The highest BCUT2D eigenvalue weighted by Gasteiger charge is 2.18. The molecule has 1 aromatic carbocycles. The van der Waals surface area contributed by atoms with Crippen LogP contribution in [0.5, 0.6) is 0 Å². The highest BCUT2D eigenvalue weighted by atomic mass is 16.5. The molecule has 6 nitrogen and oxygen atoms in total. The van der Waals surface area contributed by atoms with Crippen LogP contribution in [0.4, 0.5) is 0 Å². The van der Waals surface area contributed by atoms with E-state index in [9.17, 15) is 9.59 Å². The summed E-state index contributed by atoms with van der Waals surface area (Å²) >= 11 is 0. The van der Waals surface area contributed by atoms with Crippen LogP contribution in [0.15, 0.2) is 24.3 Å². The minimum absolute atomic E-state index is 0.0106.